The van der Waals surface area contributed by atoms with E-state index in [0.29, 0.717) is 42.6 Å². The van der Waals surface area contributed by atoms with Crippen molar-refractivity contribution in [2.24, 2.45) is 0 Å². The smallest absolute Gasteiger partial charge is 0.138 e. The summed E-state index contributed by atoms with van der Waals surface area (Å²) in [6.45, 7) is 7.34. The van der Waals surface area contributed by atoms with Gasteiger partial charge in [-0.25, -0.2) is 9.50 Å². The SMILES string of the molecule is N#Cc1cnn2cc(OCCN3CC4CC(C3)O4)cc(-c3ccc(N4CC5CC(C4)N5CCOC4CC4)nc3)c12. The van der Waals surface area contributed by atoms with Gasteiger partial charge in [-0.3, -0.25) is 9.80 Å². The van der Waals surface area contributed by atoms with Crippen molar-refractivity contribution in [3.63, 3.8) is 0 Å². The van der Waals surface area contributed by atoms with Crippen molar-refractivity contribution in [2.75, 3.05) is 57.4 Å². The Morgan fingerprint density at radius 3 is 2.55 bits per heavy atom. The number of nitriles is 1. The van der Waals surface area contributed by atoms with Gasteiger partial charge < -0.3 is 19.1 Å². The van der Waals surface area contributed by atoms with E-state index < -0.39 is 0 Å². The first-order valence-electron chi connectivity index (χ1n) is 14.7. The van der Waals surface area contributed by atoms with E-state index in [4.69, 9.17) is 19.2 Å². The second kappa shape index (κ2) is 10.00. The molecule has 208 valence electrons. The molecule has 0 spiro atoms. The summed E-state index contributed by atoms with van der Waals surface area (Å²) < 4.78 is 19.6. The predicted octanol–water partition coefficient (Wildman–Crippen LogP) is 2.56. The highest BCUT2D eigenvalue weighted by Gasteiger charge is 2.44. The molecule has 0 N–H and O–H groups in total. The lowest BCUT2D eigenvalue weighted by Gasteiger charge is -2.56. The van der Waals surface area contributed by atoms with Gasteiger partial charge in [0.2, 0.25) is 0 Å². The van der Waals surface area contributed by atoms with Crippen LogP contribution in [0.1, 0.15) is 31.2 Å². The maximum absolute atomic E-state index is 9.74. The zero-order chi connectivity index (χ0) is 26.6. The lowest BCUT2D eigenvalue weighted by molar-refractivity contribution is -0.181. The first-order chi connectivity index (χ1) is 19.7. The molecule has 4 atom stereocenters. The fourth-order valence-corrected chi connectivity index (χ4v) is 6.92. The molecular formula is C30H35N7O3. The van der Waals surface area contributed by atoms with Crippen LogP contribution in [-0.2, 0) is 9.47 Å². The Labute approximate surface area is 234 Å². The van der Waals surface area contributed by atoms with Gasteiger partial charge in [0, 0.05) is 75.1 Å². The van der Waals surface area contributed by atoms with Crippen LogP contribution in [0.2, 0.25) is 0 Å². The molecule has 7 aliphatic rings. The molecule has 1 saturated carbocycles. The van der Waals surface area contributed by atoms with Crippen molar-refractivity contribution < 1.29 is 14.2 Å². The summed E-state index contributed by atoms with van der Waals surface area (Å²) >= 11 is 0. The van der Waals surface area contributed by atoms with E-state index in [9.17, 15) is 5.26 Å². The summed E-state index contributed by atoms with van der Waals surface area (Å²) in [5.74, 6) is 1.74. The van der Waals surface area contributed by atoms with Crippen LogP contribution in [-0.4, -0.2) is 107 Å². The molecule has 6 aliphatic heterocycles. The van der Waals surface area contributed by atoms with E-state index >= 15 is 0 Å². The molecule has 9 heterocycles. The number of anilines is 1. The van der Waals surface area contributed by atoms with E-state index in [1.807, 2.05) is 18.5 Å². The molecule has 0 aromatic carbocycles. The number of pyridine rings is 2. The first kappa shape index (κ1) is 24.6. The highest BCUT2D eigenvalue weighted by Crippen LogP contribution is 2.36. The van der Waals surface area contributed by atoms with Gasteiger partial charge in [0.1, 0.15) is 24.2 Å². The van der Waals surface area contributed by atoms with Crippen LogP contribution in [0.3, 0.4) is 0 Å². The number of rotatable bonds is 10. The first-order valence-corrected chi connectivity index (χ1v) is 14.7. The molecule has 4 bridgehead atoms. The van der Waals surface area contributed by atoms with Gasteiger partial charge in [-0.05, 0) is 37.5 Å². The molecule has 10 nitrogen and oxygen atoms in total. The van der Waals surface area contributed by atoms with Crippen LogP contribution in [0, 0.1) is 11.3 Å². The molecule has 1 aliphatic carbocycles. The third-order valence-corrected chi connectivity index (χ3v) is 9.17. The minimum atomic E-state index is 0.395. The number of hydrogen-bond acceptors (Lipinski definition) is 9. The maximum atomic E-state index is 9.74. The lowest BCUT2D eigenvalue weighted by Crippen LogP contribution is -2.69. The summed E-state index contributed by atoms with van der Waals surface area (Å²) in [6, 6.07) is 9.70. The maximum Gasteiger partial charge on any atom is 0.138 e. The quantitative estimate of drug-likeness (QED) is 0.384. The average molecular weight is 542 g/mol. The number of ether oxygens (including phenoxy) is 3. The normalized spacial score (nSPS) is 27.7. The minimum absolute atomic E-state index is 0.395. The summed E-state index contributed by atoms with van der Waals surface area (Å²) in [6.07, 6.45) is 11.7. The number of piperazine rings is 1. The molecule has 3 aromatic heterocycles. The minimum Gasteiger partial charge on any atom is -0.491 e. The van der Waals surface area contributed by atoms with Crippen LogP contribution < -0.4 is 9.64 Å². The molecule has 0 amide bonds. The number of fused-ring (bicyclic) bond motifs is 5. The molecule has 0 radical (unpaired) electrons. The zero-order valence-electron chi connectivity index (χ0n) is 22.7. The van der Waals surface area contributed by atoms with Crippen LogP contribution >= 0.6 is 0 Å². The summed E-state index contributed by atoms with van der Waals surface area (Å²) in [7, 11) is 0. The summed E-state index contributed by atoms with van der Waals surface area (Å²) in [4.78, 5) is 12.3. The van der Waals surface area contributed by atoms with E-state index in [1.165, 1.54) is 25.7 Å². The van der Waals surface area contributed by atoms with Gasteiger partial charge in [-0.2, -0.15) is 10.4 Å². The van der Waals surface area contributed by atoms with Crippen LogP contribution in [0.4, 0.5) is 5.82 Å². The van der Waals surface area contributed by atoms with Gasteiger partial charge in [-0.1, -0.05) is 0 Å². The van der Waals surface area contributed by atoms with Gasteiger partial charge in [0.05, 0.1) is 48.4 Å². The van der Waals surface area contributed by atoms with Crippen LogP contribution in [0.5, 0.6) is 5.75 Å². The van der Waals surface area contributed by atoms with Crippen molar-refractivity contribution in [3.05, 3.63) is 42.4 Å². The molecule has 4 unspecified atom stereocenters. The van der Waals surface area contributed by atoms with E-state index in [1.54, 1.807) is 10.7 Å². The van der Waals surface area contributed by atoms with Crippen LogP contribution in [0.15, 0.2) is 36.8 Å². The van der Waals surface area contributed by atoms with E-state index in [2.05, 4.69) is 38.0 Å². The highest BCUT2D eigenvalue weighted by molar-refractivity contribution is 5.85. The average Bonchev–Trinajstić information content (AvgIpc) is 3.71. The van der Waals surface area contributed by atoms with Gasteiger partial charge in [0.25, 0.3) is 0 Å². The topological polar surface area (TPSA) is 91.4 Å². The molecule has 10 heteroatoms. The van der Waals surface area contributed by atoms with E-state index in [0.717, 1.165) is 74.1 Å². The number of morpholine rings is 1. The molecule has 6 saturated heterocycles. The fourth-order valence-electron chi connectivity index (χ4n) is 6.92. The van der Waals surface area contributed by atoms with Crippen LogP contribution in [0.25, 0.3) is 16.6 Å². The third kappa shape index (κ3) is 4.61. The number of aromatic nitrogens is 3. The predicted molar refractivity (Wildman–Crippen MR) is 148 cm³/mol. The number of nitrogens with zero attached hydrogens (tertiary/aromatic N) is 7. The number of piperidine rings is 2. The van der Waals surface area contributed by atoms with Crippen molar-refractivity contribution in [1.29, 1.82) is 5.26 Å². The Hall–Kier alpha value is -3.23. The van der Waals surface area contributed by atoms with Gasteiger partial charge >= 0.3 is 0 Å². The Bertz CT molecular complexity index is 1400. The molecular weight excluding hydrogens is 506 g/mol. The lowest BCUT2D eigenvalue weighted by atomic mass is 9.87. The van der Waals surface area contributed by atoms with Crippen molar-refractivity contribution in [1.82, 2.24) is 24.4 Å². The fraction of sp³-hybridized carbons (Fsp3) is 0.567. The zero-order valence-corrected chi connectivity index (χ0v) is 22.7. The molecule has 10 rings (SSSR count). The summed E-state index contributed by atoms with van der Waals surface area (Å²) in [5.41, 5.74) is 3.17. The van der Waals surface area contributed by atoms with Crippen molar-refractivity contribution in [3.8, 4) is 22.9 Å². The monoisotopic (exact) mass is 541 g/mol. The molecule has 7 fully saturated rings. The summed E-state index contributed by atoms with van der Waals surface area (Å²) in [5, 5.41) is 14.2. The second-order valence-corrected chi connectivity index (χ2v) is 11.9. The Morgan fingerprint density at radius 1 is 1.00 bits per heavy atom. The van der Waals surface area contributed by atoms with Crippen molar-refractivity contribution >= 4 is 11.3 Å². The van der Waals surface area contributed by atoms with Gasteiger partial charge in [-0.15, -0.1) is 0 Å². The molecule has 3 aromatic rings. The Morgan fingerprint density at radius 2 is 1.82 bits per heavy atom. The Balaban J connectivity index is 0.957. The second-order valence-electron chi connectivity index (χ2n) is 11.9. The highest BCUT2D eigenvalue weighted by atomic mass is 16.5. The molecule has 40 heavy (non-hydrogen) atoms. The third-order valence-electron chi connectivity index (χ3n) is 9.17. The number of hydrogen-bond donors (Lipinski definition) is 0. The van der Waals surface area contributed by atoms with Gasteiger partial charge in [0.15, 0.2) is 0 Å². The van der Waals surface area contributed by atoms with Crippen molar-refractivity contribution in [2.45, 2.75) is 56.1 Å². The largest absolute Gasteiger partial charge is 0.491 e. The Kier molecular flexibility index (Phi) is 6.14. The standard InChI is InChI=1S/C30H35N7O3/c31-12-21-14-33-37-19-25(39-7-5-34-17-26-10-27(18-34)40-26)11-28(30(21)37)20-1-4-29(32-13-20)35-15-22-9-23(16-35)36(22)6-8-38-24-2-3-24/h1,4,11,13-14,19,22-24,26-27H,2-3,5-10,15-18H2. The van der Waals surface area contributed by atoms with E-state index in [-0.39, 0.29) is 0 Å².